The first kappa shape index (κ1) is 21.8. The van der Waals surface area contributed by atoms with Gasteiger partial charge in [-0.05, 0) is 53.0 Å². The number of anilines is 1. The van der Waals surface area contributed by atoms with Crippen LogP contribution in [0.1, 0.15) is 35.3 Å². The second-order valence-corrected chi connectivity index (χ2v) is 7.32. The Morgan fingerprint density at radius 1 is 1.27 bits per heavy atom. The molecule has 30 heavy (non-hydrogen) atoms. The van der Waals surface area contributed by atoms with E-state index in [9.17, 15) is 18.0 Å². The molecule has 0 saturated heterocycles. The first-order chi connectivity index (χ1) is 14.2. The standard InChI is InChI=1S/C20H19BrF3N5O/c1-3-11-5-6-13(20(22,23)24)8-15(11)29-10-12(18(30)26-4-2)7-16(29)17-14(21)9-27-19(25)28-17/h5-10H,3-4H2,1-2H3,(H,26,30)(H2,25,27,28). The third-order valence-corrected chi connectivity index (χ3v) is 5.06. The van der Waals surface area contributed by atoms with E-state index in [0.717, 1.165) is 12.1 Å². The molecule has 0 atom stereocenters. The van der Waals surface area contributed by atoms with Gasteiger partial charge in [-0.2, -0.15) is 13.2 Å². The molecule has 0 aliphatic heterocycles. The zero-order valence-corrected chi connectivity index (χ0v) is 17.8. The van der Waals surface area contributed by atoms with Crippen LogP contribution in [0.3, 0.4) is 0 Å². The summed E-state index contributed by atoms with van der Waals surface area (Å²) in [6, 6.07) is 5.13. The molecule has 0 unspecified atom stereocenters. The quantitative estimate of drug-likeness (QED) is 0.557. The number of rotatable bonds is 5. The van der Waals surface area contributed by atoms with E-state index in [2.05, 4.69) is 31.2 Å². The smallest absolute Gasteiger partial charge is 0.368 e. The van der Waals surface area contributed by atoms with Gasteiger partial charge in [-0.3, -0.25) is 4.79 Å². The summed E-state index contributed by atoms with van der Waals surface area (Å²) in [5, 5.41) is 2.69. The van der Waals surface area contributed by atoms with Gasteiger partial charge in [-0.15, -0.1) is 0 Å². The summed E-state index contributed by atoms with van der Waals surface area (Å²) in [5.74, 6) is -0.346. The van der Waals surface area contributed by atoms with Gasteiger partial charge in [0.05, 0.1) is 21.3 Å². The fraction of sp³-hybridized carbons (Fsp3) is 0.250. The molecule has 0 radical (unpaired) electrons. The van der Waals surface area contributed by atoms with Gasteiger partial charge in [-0.1, -0.05) is 13.0 Å². The van der Waals surface area contributed by atoms with E-state index in [1.165, 1.54) is 23.0 Å². The van der Waals surface area contributed by atoms with Crippen molar-refractivity contribution in [2.24, 2.45) is 0 Å². The Bertz CT molecular complexity index is 1090. The van der Waals surface area contributed by atoms with Gasteiger partial charge in [0, 0.05) is 24.6 Å². The summed E-state index contributed by atoms with van der Waals surface area (Å²) in [4.78, 5) is 20.6. The number of nitrogens with two attached hydrogens (primary N) is 1. The lowest BCUT2D eigenvalue weighted by atomic mass is 10.1. The maximum absolute atomic E-state index is 13.4. The molecule has 3 aromatic rings. The number of aryl methyl sites for hydroxylation is 1. The van der Waals surface area contributed by atoms with Crippen molar-refractivity contribution < 1.29 is 18.0 Å². The summed E-state index contributed by atoms with van der Waals surface area (Å²) in [6.45, 7) is 4.03. The van der Waals surface area contributed by atoms with Crippen molar-refractivity contribution in [3.05, 3.63) is 57.8 Å². The van der Waals surface area contributed by atoms with Crippen LogP contribution in [0.15, 0.2) is 41.1 Å². The van der Waals surface area contributed by atoms with Crippen molar-refractivity contribution in [2.45, 2.75) is 26.4 Å². The van der Waals surface area contributed by atoms with E-state index in [1.807, 2.05) is 6.92 Å². The van der Waals surface area contributed by atoms with Crippen LogP contribution in [0.2, 0.25) is 0 Å². The number of nitrogens with zero attached hydrogens (tertiary/aromatic N) is 3. The topological polar surface area (TPSA) is 85.8 Å². The number of benzene rings is 1. The summed E-state index contributed by atoms with van der Waals surface area (Å²) >= 11 is 3.36. The number of aromatic nitrogens is 3. The van der Waals surface area contributed by atoms with Gasteiger partial charge in [0.15, 0.2) is 0 Å². The van der Waals surface area contributed by atoms with Crippen LogP contribution in [0.4, 0.5) is 19.1 Å². The van der Waals surface area contributed by atoms with Crippen molar-refractivity contribution in [1.29, 1.82) is 0 Å². The fourth-order valence-electron chi connectivity index (χ4n) is 3.06. The molecule has 0 spiro atoms. The molecule has 3 N–H and O–H groups in total. The van der Waals surface area contributed by atoms with E-state index in [1.54, 1.807) is 13.0 Å². The maximum atomic E-state index is 13.4. The van der Waals surface area contributed by atoms with Gasteiger partial charge >= 0.3 is 6.18 Å². The second kappa shape index (κ2) is 8.47. The van der Waals surface area contributed by atoms with Crippen LogP contribution in [0.5, 0.6) is 0 Å². The van der Waals surface area contributed by atoms with Crippen LogP contribution < -0.4 is 11.1 Å². The lowest BCUT2D eigenvalue weighted by Gasteiger charge is -2.16. The monoisotopic (exact) mass is 481 g/mol. The molecule has 0 bridgehead atoms. The van der Waals surface area contributed by atoms with Crippen molar-refractivity contribution >= 4 is 27.8 Å². The minimum absolute atomic E-state index is 0.000247. The maximum Gasteiger partial charge on any atom is 0.416 e. The molecule has 3 rings (SSSR count). The molecular weight excluding hydrogens is 463 g/mol. The van der Waals surface area contributed by atoms with E-state index >= 15 is 0 Å². The predicted molar refractivity (Wildman–Crippen MR) is 111 cm³/mol. The Balaban J connectivity index is 2.31. The zero-order valence-electron chi connectivity index (χ0n) is 16.2. The van der Waals surface area contributed by atoms with Crippen LogP contribution >= 0.6 is 15.9 Å². The highest BCUT2D eigenvalue weighted by Gasteiger charge is 2.31. The molecule has 1 amide bonds. The lowest BCUT2D eigenvalue weighted by Crippen LogP contribution is -2.22. The molecule has 0 fully saturated rings. The van der Waals surface area contributed by atoms with Crippen LogP contribution in [-0.4, -0.2) is 27.0 Å². The highest BCUT2D eigenvalue weighted by atomic mass is 79.9. The molecule has 158 valence electrons. The van der Waals surface area contributed by atoms with Crippen molar-refractivity contribution in [3.8, 4) is 17.1 Å². The number of halogens is 4. The number of alkyl halides is 3. The van der Waals surface area contributed by atoms with Crippen molar-refractivity contribution in [2.75, 3.05) is 12.3 Å². The molecule has 1 aromatic carbocycles. The number of hydrogen-bond donors (Lipinski definition) is 2. The van der Waals surface area contributed by atoms with Crippen LogP contribution in [-0.2, 0) is 12.6 Å². The second-order valence-electron chi connectivity index (χ2n) is 6.46. The SMILES string of the molecule is CCNC(=O)c1cc(-c2nc(N)ncc2Br)n(-c2cc(C(F)(F)F)ccc2CC)c1. The summed E-state index contributed by atoms with van der Waals surface area (Å²) < 4.78 is 42.1. The summed E-state index contributed by atoms with van der Waals surface area (Å²) in [7, 11) is 0. The Morgan fingerprint density at radius 2 is 2.00 bits per heavy atom. The minimum atomic E-state index is -4.50. The van der Waals surface area contributed by atoms with E-state index in [4.69, 9.17) is 5.73 Å². The minimum Gasteiger partial charge on any atom is -0.368 e. The molecule has 0 saturated carbocycles. The first-order valence-corrected chi connectivity index (χ1v) is 9.94. The number of amides is 1. The fourth-order valence-corrected chi connectivity index (χ4v) is 3.45. The highest BCUT2D eigenvalue weighted by molar-refractivity contribution is 9.10. The predicted octanol–water partition coefficient (Wildman–Crippen LogP) is 4.61. The summed E-state index contributed by atoms with van der Waals surface area (Å²) in [6.07, 6.45) is -1.06. The molecule has 2 heterocycles. The molecule has 6 nitrogen and oxygen atoms in total. The molecule has 10 heteroatoms. The van der Waals surface area contributed by atoms with Gasteiger partial charge < -0.3 is 15.6 Å². The van der Waals surface area contributed by atoms with Crippen molar-refractivity contribution in [1.82, 2.24) is 19.9 Å². The molecular formula is C20H19BrF3N5O. The van der Waals surface area contributed by atoms with E-state index in [0.29, 0.717) is 40.1 Å². The average molecular weight is 482 g/mol. The van der Waals surface area contributed by atoms with Gasteiger partial charge in [-0.25, -0.2) is 9.97 Å². The normalized spacial score (nSPS) is 11.5. The Kier molecular flexibility index (Phi) is 6.16. The highest BCUT2D eigenvalue weighted by Crippen LogP contribution is 2.35. The molecule has 0 aliphatic rings. The number of carbonyl (C=O) groups excluding carboxylic acids is 1. The largest absolute Gasteiger partial charge is 0.416 e. The average Bonchev–Trinajstić information content (AvgIpc) is 3.14. The third-order valence-electron chi connectivity index (χ3n) is 4.48. The van der Waals surface area contributed by atoms with Gasteiger partial charge in [0.1, 0.15) is 5.69 Å². The molecule has 0 aliphatic carbocycles. The number of carbonyl (C=O) groups is 1. The van der Waals surface area contributed by atoms with E-state index < -0.39 is 11.7 Å². The van der Waals surface area contributed by atoms with Crippen LogP contribution in [0, 0.1) is 0 Å². The third kappa shape index (κ3) is 4.33. The van der Waals surface area contributed by atoms with Gasteiger partial charge in [0.25, 0.3) is 5.91 Å². The zero-order chi connectivity index (χ0) is 22.1. The molecule has 2 aromatic heterocycles. The number of nitrogens with one attached hydrogen (secondary N) is 1. The Labute approximate surface area is 179 Å². The first-order valence-electron chi connectivity index (χ1n) is 9.15. The van der Waals surface area contributed by atoms with E-state index in [-0.39, 0.29) is 17.4 Å². The summed E-state index contributed by atoms with van der Waals surface area (Å²) in [5.41, 5.74) is 6.99. The number of hydrogen-bond acceptors (Lipinski definition) is 4. The van der Waals surface area contributed by atoms with Crippen molar-refractivity contribution in [3.63, 3.8) is 0 Å². The Morgan fingerprint density at radius 3 is 2.63 bits per heavy atom. The Hall–Kier alpha value is -2.88. The van der Waals surface area contributed by atoms with Gasteiger partial charge in [0.2, 0.25) is 5.95 Å². The number of nitrogen functional groups attached to an aromatic ring is 1. The lowest BCUT2D eigenvalue weighted by molar-refractivity contribution is -0.137. The van der Waals surface area contributed by atoms with Crippen LogP contribution in [0.25, 0.3) is 17.1 Å².